The largest absolute Gasteiger partial charge is 0.457 e. The zero-order valence-electron chi connectivity index (χ0n) is 13.4. The number of aromatic nitrogens is 4. The SMILES string of the molecule is CCCn1nnnc1COC(=O)CSc1cc(C)c(Br)cc1C. The minimum absolute atomic E-state index is 0.102. The second kappa shape index (κ2) is 8.44. The number of thioether (sulfide) groups is 1. The standard InChI is InChI=1S/C15H19BrN4O2S/c1-4-5-20-14(17-18-19-20)8-22-15(21)9-23-13-7-10(2)12(16)6-11(13)3/h6-7H,4-5,8-9H2,1-3H3. The number of benzene rings is 1. The van der Waals surface area contributed by atoms with Crippen molar-refractivity contribution in [3.63, 3.8) is 0 Å². The number of ether oxygens (including phenoxy) is 1. The Morgan fingerprint density at radius 1 is 1.35 bits per heavy atom. The van der Waals surface area contributed by atoms with Crippen molar-refractivity contribution in [2.45, 2.75) is 45.2 Å². The third kappa shape index (κ3) is 5.04. The fraction of sp³-hybridized carbons (Fsp3) is 0.467. The summed E-state index contributed by atoms with van der Waals surface area (Å²) in [6.07, 6.45) is 0.921. The number of rotatable bonds is 7. The van der Waals surface area contributed by atoms with E-state index in [1.807, 2.05) is 20.8 Å². The summed E-state index contributed by atoms with van der Waals surface area (Å²) in [6.45, 7) is 6.91. The number of esters is 1. The molecule has 2 aromatic rings. The summed E-state index contributed by atoms with van der Waals surface area (Å²) < 4.78 is 7.99. The van der Waals surface area contributed by atoms with Crippen LogP contribution in [0.2, 0.25) is 0 Å². The molecule has 124 valence electrons. The Hall–Kier alpha value is -1.41. The average Bonchev–Trinajstić information content (AvgIpc) is 2.95. The summed E-state index contributed by atoms with van der Waals surface area (Å²) in [4.78, 5) is 13.0. The minimum atomic E-state index is -0.277. The van der Waals surface area contributed by atoms with Crippen molar-refractivity contribution < 1.29 is 9.53 Å². The Balaban J connectivity index is 1.86. The van der Waals surface area contributed by atoms with Crippen molar-refractivity contribution in [3.05, 3.63) is 33.6 Å². The molecule has 8 heteroatoms. The maximum atomic E-state index is 11.9. The van der Waals surface area contributed by atoms with Crippen LogP contribution < -0.4 is 0 Å². The van der Waals surface area contributed by atoms with Crippen LogP contribution in [0.4, 0.5) is 0 Å². The summed E-state index contributed by atoms with van der Waals surface area (Å²) in [5.41, 5.74) is 2.28. The van der Waals surface area contributed by atoms with Crippen LogP contribution in [-0.4, -0.2) is 31.9 Å². The normalized spacial score (nSPS) is 10.8. The van der Waals surface area contributed by atoms with Gasteiger partial charge in [-0.2, -0.15) is 0 Å². The summed E-state index contributed by atoms with van der Waals surface area (Å²) >= 11 is 4.98. The molecule has 1 aromatic heterocycles. The molecule has 6 nitrogen and oxygen atoms in total. The average molecular weight is 399 g/mol. The van der Waals surface area contributed by atoms with Crippen LogP contribution >= 0.6 is 27.7 Å². The van der Waals surface area contributed by atoms with Crippen LogP contribution in [0, 0.1) is 13.8 Å². The van der Waals surface area contributed by atoms with Gasteiger partial charge in [-0.05, 0) is 54.0 Å². The van der Waals surface area contributed by atoms with Crippen molar-refractivity contribution in [3.8, 4) is 0 Å². The predicted molar refractivity (Wildman–Crippen MR) is 92.2 cm³/mol. The van der Waals surface area contributed by atoms with Gasteiger partial charge in [-0.3, -0.25) is 4.79 Å². The summed E-state index contributed by atoms with van der Waals surface area (Å²) in [5, 5.41) is 11.3. The molecule has 0 bridgehead atoms. The third-order valence-corrected chi connectivity index (χ3v) is 5.19. The van der Waals surface area contributed by atoms with E-state index in [4.69, 9.17) is 4.74 Å². The molecule has 0 N–H and O–H groups in total. The molecule has 0 amide bonds. The van der Waals surface area contributed by atoms with Crippen molar-refractivity contribution >= 4 is 33.7 Å². The smallest absolute Gasteiger partial charge is 0.316 e. The van der Waals surface area contributed by atoms with E-state index >= 15 is 0 Å². The fourth-order valence-electron chi connectivity index (χ4n) is 1.95. The van der Waals surface area contributed by atoms with Gasteiger partial charge in [0.25, 0.3) is 0 Å². The maximum absolute atomic E-state index is 11.9. The molecule has 0 saturated carbocycles. The number of tetrazole rings is 1. The number of aryl methyl sites for hydroxylation is 3. The number of nitrogens with zero attached hydrogens (tertiary/aromatic N) is 4. The first-order valence-electron chi connectivity index (χ1n) is 7.31. The first kappa shape index (κ1) is 17.9. The Morgan fingerprint density at radius 3 is 2.87 bits per heavy atom. The lowest BCUT2D eigenvalue weighted by atomic mass is 10.2. The van der Waals surface area contributed by atoms with Crippen LogP contribution in [0.25, 0.3) is 0 Å². The molecule has 0 aliphatic heterocycles. The number of halogens is 1. The lowest BCUT2D eigenvalue weighted by molar-refractivity contribution is -0.142. The molecule has 0 fully saturated rings. The summed E-state index contributed by atoms with van der Waals surface area (Å²) in [5.74, 6) is 0.555. The van der Waals surface area contributed by atoms with Gasteiger partial charge in [0.1, 0.15) is 0 Å². The zero-order chi connectivity index (χ0) is 16.8. The van der Waals surface area contributed by atoms with E-state index in [0.717, 1.165) is 26.9 Å². The van der Waals surface area contributed by atoms with E-state index in [1.54, 1.807) is 4.68 Å². The van der Waals surface area contributed by atoms with Gasteiger partial charge in [0, 0.05) is 15.9 Å². The van der Waals surface area contributed by atoms with Gasteiger partial charge >= 0.3 is 5.97 Å². The van der Waals surface area contributed by atoms with Crippen LogP contribution in [0.3, 0.4) is 0 Å². The molecule has 1 aromatic carbocycles. The highest BCUT2D eigenvalue weighted by molar-refractivity contribution is 9.10. The molecule has 0 atom stereocenters. The Kier molecular flexibility index (Phi) is 6.59. The van der Waals surface area contributed by atoms with Crippen LogP contribution in [0.5, 0.6) is 0 Å². The van der Waals surface area contributed by atoms with Crippen molar-refractivity contribution in [1.29, 1.82) is 0 Å². The second-order valence-electron chi connectivity index (χ2n) is 5.13. The molecule has 2 rings (SSSR count). The van der Waals surface area contributed by atoms with Crippen molar-refractivity contribution in [1.82, 2.24) is 20.2 Å². The summed E-state index contributed by atoms with van der Waals surface area (Å²) in [7, 11) is 0. The highest BCUT2D eigenvalue weighted by atomic mass is 79.9. The lowest BCUT2D eigenvalue weighted by Gasteiger charge is -2.09. The predicted octanol–water partition coefficient (Wildman–Crippen LogP) is 3.30. The topological polar surface area (TPSA) is 69.9 Å². The monoisotopic (exact) mass is 398 g/mol. The van der Waals surface area contributed by atoms with Crippen LogP contribution in [0.15, 0.2) is 21.5 Å². The molecule has 0 radical (unpaired) electrons. The van der Waals surface area contributed by atoms with Gasteiger partial charge in [-0.1, -0.05) is 22.9 Å². The first-order chi connectivity index (χ1) is 11.0. The Labute approximate surface area is 148 Å². The van der Waals surface area contributed by atoms with E-state index < -0.39 is 0 Å². The van der Waals surface area contributed by atoms with E-state index in [2.05, 4.69) is 43.6 Å². The van der Waals surface area contributed by atoms with E-state index in [9.17, 15) is 4.79 Å². The molecule has 0 aliphatic rings. The van der Waals surface area contributed by atoms with Gasteiger partial charge in [-0.15, -0.1) is 16.9 Å². The number of hydrogen-bond acceptors (Lipinski definition) is 6. The van der Waals surface area contributed by atoms with Crippen molar-refractivity contribution in [2.75, 3.05) is 5.75 Å². The highest BCUT2D eigenvalue weighted by Crippen LogP contribution is 2.28. The van der Waals surface area contributed by atoms with Gasteiger partial charge in [-0.25, -0.2) is 4.68 Å². The molecular formula is C15H19BrN4O2S. The fourth-order valence-corrected chi connectivity index (χ4v) is 3.31. The first-order valence-corrected chi connectivity index (χ1v) is 9.09. The van der Waals surface area contributed by atoms with Gasteiger partial charge in [0.15, 0.2) is 12.4 Å². The Morgan fingerprint density at radius 2 is 2.13 bits per heavy atom. The van der Waals surface area contributed by atoms with E-state index in [-0.39, 0.29) is 18.3 Å². The summed E-state index contributed by atoms with van der Waals surface area (Å²) in [6, 6.07) is 4.13. The number of carbonyl (C=O) groups excluding carboxylic acids is 1. The van der Waals surface area contributed by atoms with Gasteiger partial charge in [0.05, 0.1) is 5.75 Å². The molecule has 0 unspecified atom stereocenters. The Bertz CT molecular complexity index is 690. The van der Waals surface area contributed by atoms with Gasteiger partial charge < -0.3 is 4.74 Å². The second-order valence-corrected chi connectivity index (χ2v) is 7.01. The zero-order valence-corrected chi connectivity index (χ0v) is 15.8. The lowest BCUT2D eigenvalue weighted by Crippen LogP contribution is -2.12. The van der Waals surface area contributed by atoms with Crippen LogP contribution in [-0.2, 0) is 22.7 Å². The number of carbonyl (C=O) groups is 1. The molecule has 0 aliphatic carbocycles. The van der Waals surface area contributed by atoms with E-state index in [0.29, 0.717) is 12.4 Å². The van der Waals surface area contributed by atoms with Crippen LogP contribution in [0.1, 0.15) is 30.3 Å². The molecule has 1 heterocycles. The molecule has 23 heavy (non-hydrogen) atoms. The molecular weight excluding hydrogens is 380 g/mol. The van der Waals surface area contributed by atoms with Crippen molar-refractivity contribution in [2.24, 2.45) is 0 Å². The van der Waals surface area contributed by atoms with E-state index in [1.165, 1.54) is 11.8 Å². The quantitative estimate of drug-likeness (QED) is 0.526. The highest BCUT2D eigenvalue weighted by Gasteiger charge is 2.11. The maximum Gasteiger partial charge on any atom is 0.316 e. The number of hydrogen-bond donors (Lipinski definition) is 0. The molecule has 0 spiro atoms. The van der Waals surface area contributed by atoms with Gasteiger partial charge in [0.2, 0.25) is 0 Å². The molecule has 0 saturated heterocycles. The third-order valence-electron chi connectivity index (χ3n) is 3.21. The minimum Gasteiger partial charge on any atom is -0.457 e.